The van der Waals surface area contributed by atoms with Crippen LogP contribution in [0.4, 0.5) is 0 Å². The van der Waals surface area contributed by atoms with Crippen LogP contribution in [0.25, 0.3) is 0 Å². The quantitative estimate of drug-likeness (QED) is 0.878. The summed E-state index contributed by atoms with van der Waals surface area (Å²) in [4.78, 5) is 0.210. The van der Waals surface area contributed by atoms with Gasteiger partial charge in [0.1, 0.15) is 0 Å². The van der Waals surface area contributed by atoms with Crippen LogP contribution in [-0.4, -0.2) is 30.4 Å². The predicted molar refractivity (Wildman–Crippen MR) is 74.6 cm³/mol. The molecule has 0 atom stereocenters. The van der Waals surface area contributed by atoms with Gasteiger partial charge in [-0.1, -0.05) is 18.5 Å². The first kappa shape index (κ1) is 14.8. The molecule has 0 saturated heterocycles. The van der Waals surface area contributed by atoms with Crippen molar-refractivity contribution < 1.29 is 13.5 Å². The van der Waals surface area contributed by atoms with Crippen molar-refractivity contribution in [2.75, 3.05) is 6.54 Å². The van der Waals surface area contributed by atoms with Gasteiger partial charge in [0.05, 0.1) is 11.5 Å². The lowest BCUT2D eigenvalue weighted by Gasteiger charge is -2.21. The van der Waals surface area contributed by atoms with Gasteiger partial charge in [-0.05, 0) is 43.0 Å². The Morgan fingerprint density at radius 2 is 2.11 bits per heavy atom. The van der Waals surface area contributed by atoms with Crippen molar-refractivity contribution in [3.8, 4) is 0 Å². The molecule has 1 saturated carbocycles. The van der Waals surface area contributed by atoms with Crippen LogP contribution in [0.5, 0.6) is 0 Å². The monoisotopic (exact) mass is 303 g/mol. The molecule has 6 heteroatoms. The normalized spacial score (nSPS) is 16.0. The van der Waals surface area contributed by atoms with Gasteiger partial charge in [-0.15, -0.1) is 0 Å². The number of hydrogen-bond acceptors (Lipinski definition) is 3. The highest BCUT2D eigenvalue weighted by Crippen LogP contribution is 2.33. The number of sulfonamides is 1. The number of rotatable bonds is 6. The highest BCUT2D eigenvalue weighted by Gasteiger charge is 2.37. The van der Waals surface area contributed by atoms with E-state index < -0.39 is 10.0 Å². The molecule has 106 valence electrons. The van der Waals surface area contributed by atoms with Gasteiger partial charge in [-0.2, -0.15) is 4.31 Å². The summed E-state index contributed by atoms with van der Waals surface area (Å²) in [6.45, 7) is 2.23. The zero-order valence-corrected chi connectivity index (χ0v) is 12.4. The molecule has 1 aliphatic carbocycles. The smallest absolute Gasteiger partial charge is 0.243 e. The largest absolute Gasteiger partial charge is 0.392 e. The average molecular weight is 304 g/mol. The van der Waals surface area contributed by atoms with E-state index in [1.807, 2.05) is 6.92 Å². The molecule has 2 rings (SSSR count). The van der Waals surface area contributed by atoms with Gasteiger partial charge in [0.15, 0.2) is 0 Å². The van der Waals surface area contributed by atoms with E-state index in [2.05, 4.69) is 0 Å². The van der Waals surface area contributed by atoms with Crippen molar-refractivity contribution in [3.63, 3.8) is 0 Å². The van der Waals surface area contributed by atoms with Gasteiger partial charge in [-0.25, -0.2) is 8.42 Å². The number of nitrogens with zero attached hydrogens (tertiary/aromatic N) is 1. The number of hydrogen-bond donors (Lipinski definition) is 1. The van der Waals surface area contributed by atoms with Gasteiger partial charge in [-0.3, -0.25) is 0 Å². The minimum atomic E-state index is -3.49. The van der Waals surface area contributed by atoms with Crippen LogP contribution in [0.1, 0.15) is 31.7 Å². The molecule has 1 aromatic carbocycles. The minimum Gasteiger partial charge on any atom is -0.392 e. The maximum Gasteiger partial charge on any atom is 0.243 e. The molecule has 1 N–H and O–H groups in total. The summed E-state index contributed by atoms with van der Waals surface area (Å²) in [5, 5.41) is 9.56. The minimum absolute atomic E-state index is 0.137. The summed E-state index contributed by atoms with van der Waals surface area (Å²) in [5.74, 6) is 0. The standard InChI is InChI=1S/C13H18ClNO3S/c1-2-7-15(11-3-4-11)19(17,18)12-5-6-13(14)10(8-12)9-16/h5-6,8,11,16H,2-4,7,9H2,1H3. The predicted octanol–water partition coefficient (Wildman–Crippen LogP) is 2.40. The Hall–Kier alpha value is -0.620. The fourth-order valence-electron chi connectivity index (χ4n) is 2.05. The lowest BCUT2D eigenvalue weighted by atomic mass is 10.2. The third-order valence-corrected chi connectivity index (χ3v) is 5.51. The Labute approximate surface area is 119 Å². The van der Waals surface area contributed by atoms with E-state index in [1.54, 1.807) is 4.31 Å². The molecule has 0 spiro atoms. The van der Waals surface area contributed by atoms with Gasteiger partial charge in [0, 0.05) is 17.6 Å². The Kier molecular flexibility index (Phi) is 4.50. The van der Waals surface area contributed by atoms with Crippen LogP contribution >= 0.6 is 11.6 Å². The number of benzene rings is 1. The average Bonchev–Trinajstić information content (AvgIpc) is 3.20. The molecule has 0 aromatic heterocycles. The summed E-state index contributed by atoms with van der Waals surface area (Å²) >= 11 is 5.89. The summed E-state index contributed by atoms with van der Waals surface area (Å²) in [7, 11) is -3.49. The lowest BCUT2D eigenvalue weighted by molar-refractivity contribution is 0.281. The fraction of sp³-hybridized carbons (Fsp3) is 0.538. The van der Waals surface area contributed by atoms with Crippen LogP contribution in [0.15, 0.2) is 23.1 Å². The maximum absolute atomic E-state index is 12.6. The SMILES string of the molecule is CCCN(C1CC1)S(=O)(=O)c1ccc(Cl)c(CO)c1. The lowest BCUT2D eigenvalue weighted by Crippen LogP contribution is -2.33. The van der Waals surface area contributed by atoms with Gasteiger partial charge >= 0.3 is 0 Å². The van der Waals surface area contributed by atoms with Crippen molar-refractivity contribution in [1.82, 2.24) is 4.31 Å². The zero-order chi connectivity index (χ0) is 14.0. The van der Waals surface area contributed by atoms with E-state index >= 15 is 0 Å². The van der Waals surface area contributed by atoms with E-state index in [4.69, 9.17) is 11.6 Å². The third kappa shape index (κ3) is 3.11. The summed E-state index contributed by atoms with van der Waals surface area (Å²) in [6, 6.07) is 4.62. The molecule has 0 amide bonds. The summed E-state index contributed by atoms with van der Waals surface area (Å²) in [6.07, 6.45) is 2.65. The molecule has 0 heterocycles. The summed E-state index contributed by atoms with van der Waals surface area (Å²) in [5.41, 5.74) is 0.440. The van der Waals surface area contributed by atoms with E-state index in [-0.39, 0.29) is 17.5 Å². The number of aliphatic hydroxyl groups is 1. The Balaban J connectivity index is 2.37. The topological polar surface area (TPSA) is 57.6 Å². The third-order valence-electron chi connectivity index (χ3n) is 3.19. The molecule has 0 unspecified atom stereocenters. The highest BCUT2D eigenvalue weighted by molar-refractivity contribution is 7.89. The highest BCUT2D eigenvalue weighted by atomic mass is 35.5. The first-order valence-corrected chi connectivity index (χ1v) is 8.23. The van der Waals surface area contributed by atoms with Crippen LogP contribution in [0.3, 0.4) is 0 Å². The molecule has 0 bridgehead atoms. The first-order chi connectivity index (χ1) is 9.00. The van der Waals surface area contributed by atoms with Crippen LogP contribution < -0.4 is 0 Å². The van der Waals surface area contributed by atoms with Crippen LogP contribution in [0, 0.1) is 0 Å². The van der Waals surface area contributed by atoms with Gasteiger partial charge in [0.25, 0.3) is 0 Å². The van der Waals surface area contributed by atoms with Crippen molar-refractivity contribution in [2.45, 2.75) is 43.7 Å². The maximum atomic E-state index is 12.6. The fourth-order valence-corrected chi connectivity index (χ4v) is 4.06. The number of aliphatic hydroxyl groups excluding tert-OH is 1. The van der Waals surface area contributed by atoms with Crippen molar-refractivity contribution in [2.24, 2.45) is 0 Å². The van der Waals surface area contributed by atoms with Crippen molar-refractivity contribution >= 4 is 21.6 Å². The second-order valence-electron chi connectivity index (χ2n) is 4.76. The van der Waals surface area contributed by atoms with Gasteiger partial charge in [0.2, 0.25) is 10.0 Å². The first-order valence-electron chi connectivity index (χ1n) is 6.41. The molecule has 1 aliphatic rings. The Morgan fingerprint density at radius 1 is 1.42 bits per heavy atom. The van der Waals surface area contributed by atoms with Crippen LogP contribution in [0.2, 0.25) is 5.02 Å². The number of halogens is 1. The Bertz CT molecular complexity index is 555. The van der Waals surface area contributed by atoms with E-state index in [0.717, 1.165) is 19.3 Å². The summed E-state index contributed by atoms with van der Waals surface area (Å²) < 4.78 is 26.7. The molecule has 0 radical (unpaired) electrons. The van der Waals surface area contributed by atoms with E-state index in [9.17, 15) is 13.5 Å². The van der Waals surface area contributed by atoms with Crippen molar-refractivity contribution in [1.29, 1.82) is 0 Å². The zero-order valence-electron chi connectivity index (χ0n) is 10.8. The molecular formula is C13H18ClNO3S. The molecule has 19 heavy (non-hydrogen) atoms. The molecule has 0 aliphatic heterocycles. The molecule has 4 nitrogen and oxygen atoms in total. The molecule has 1 fully saturated rings. The van der Waals surface area contributed by atoms with E-state index in [1.165, 1.54) is 18.2 Å². The van der Waals surface area contributed by atoms with Crippen LogP contribution in [-0.2, 0) is 16.6 Å². The second-order valence-corrected chi connectivity index (χ2v) is 7.06. The molecule has 1 aromatic rings. The molecular weight excluding hydrogens is 286 g/mol. The van der Waals surface area contributed by atoms with E-state index in [0.29, 0.717) is 17.1 Å². The second kappa shape index (κ2) is 5.79. The Morgan fingerprint density at radius 3 is 2.63 bits per heavy atom. The van der Waals surface area contributed by atoms with Crippen molar-refractivity contribution in [3.05, 3.63) is 28.8 Å². The van der Waals surface area contributed by atoms with Gasteiger partial charge < -0.3 is 5.11 Å².